The van der Waals surface area contributed by atoms with E-state index in [1.807, 2.05) is 13.1 Å². The molecule has 0 saturated heterocycles. The maximum absolute atomic E-state index is 9.66. The summed E-state index contributed by atoms with van der Waals surface area (Å²) in [6.07, 6.45) is 1.61. The minimum absolute atomic E-state index is 0.684. The second kappa shape index (κ2) is 4.08. The summed E-state index contributed by atoms with van der Waals surface area (Å²) in [6.45, 7) is 0. The average Bonchev–Trinajstić information content (AvgIpc) is 2.15. The van der Waals surface area contributed by atoms with Crippen molar-refractivity contribution in [3.8, 4) is 5.75 Å². The second-order valence-electron chi connectivity index (χ2n) is 3.05. The van der Waals surface area contributed by atoms with Crippen LogP contribution in [0.2, 0.25) is 0 Å². The van der Waals surface area contributed by atoms with Gasteiger partial charge in [0.05, 0.1) is 12.8 Å². The molecule has 0 spiro atoms. The highest BCUT2D eigenvalue weighted by molar-refractivity contribution is 8.26. The van der Waals surface area contributed by atoms with Crippen LogP contribution < -0.4 is 15.2 Å². The summed E-state index contributed by atoms with van der Waals surface area (Å²) in [4.78, 5) is 0.702. The zero-order valence-electron chi connectivity index (χ0n) is 8.57. The molecule has 1 atom stereocenters. The van der Waals surface area contributed by atoms with E-state index in [0.29, 0.717) is 10.6 Å². The molecule has 0 radical (unpaired) electrons. The summed E-state index contributed by atoms with van der Waals surface area (Å²) in [5.41, 5.74) is 0.875. The van der Waals surface area contributed by atoms with Gasteiger partial charge < -0.3 is 14.6 Å². The normalized spacial score (nSPS) is 16.9. The van der Waals surface area contributed by atoms with Gasteiger partial charge in [0.15, 0.2) is 0 Å². The molecule has 4 nitrogen and oxygen atoms in total. The van der Waals surface area contributed by atoms with E-state index < -0.39 is 10.5 Å². The number of methoxy groups -OCH3 is 1. The number of nitrogens with one attached hydrogen (secondary N) is 1. The van der Waals surface area contributed by atoms with Gasteiger partial charge in [-0.1, -0.05) is 10.5 Å². The third kappa shape index (κ3) is 2.31. The van der Waals surface area contributed by atoms with Crippen molar-refractivity contribution in [1.29, 1.82) is 0 Å². The lowest BCUT2D eigenvalue weighted by Crippen LogP contribution is -2.08. The molecular weight excluding hydrogens is 200 g/mol. The molecule has 1 rings (SSSR count). The zero-order valence-corrected chi connectivity index (χ0v) is 9.39. The fraction of sp³-hybridized carbons (Fsp3) is 0.333. The number of hydrogen-bond donors (Lipinski definition) is 3. The average molecular weight is 216 g/mol. The molecule has 0 heterocycles. The van der Waals surface area contributed by atoms with Crippen LogP contribution in [0.25, 0.3) is 0 Å². The highest BCUT2D eigenvalue weighted by atomic mass is 32.3. The van der Waals surface area contributed by atoms with Crippen LogP contribution in [0.5, 0.6) is 5.75 Å². The van der Waals surface area contributed by atoms with Crippen molar-refractivity contribution in [2.45, 2.75) is 4.90 Å². The first-order valence-electron chi connectivity index (χ1n) is 4.13. The Hall–Kier alpha value is -0.910. The minimum atomic E-state index is -2.17. The lowest BCUT2D eigenvalue weighted by molar-refractivity contribution is 0.415. The van der Waals surface area contributed by atoms with Gasteiger partial charge in [0.1, 0.15) is 5.75 Å². The molecule has 1 aromatic rings. The molecular formula is C9H16N2O2S. The number of nitrogens with two attached hydrogens (primary N) is 1. The predicted octanol–water partition coefficient (Wildman–Crippen LogP) is 1.88. The van der Waals surface area contributed by atoms with E-state index in [9.17, 15) is 4.55 Å². The van der Waals surface area contributed by atoms with E-state index >= 15 is 0 Å². The molecule has 1 aromatic carbocycles. The molecule has 0 aliphatic heterocycles. The summed E-state index contributed by atoms with van der Waals surface area (Å²) in [7, 11) is 1.23. The van der Waals surface area contributed by atoms with E-state index in [2.05, 4.69) is 5.32 Å². The van der Waals surface area contributed by atoms with Gasteiger partial charge in [-0.2, -0.15) is 0 Å². The lowest BCUT2D eigenvalue weighted by Gasteiger charge is -2.24. The smallest absolute Gasteiger partial charge is 0.143 e. The second-order valence-corrected chi connectivity index (χ2v) is 5.39. The van der Waals surface area contributed by atoms with Gasteiger partial charge in [-0.3, -0.25) is 5.14 Å². The van der Waals surface area contributed by atoms with Crippen molar-refractivity contribution >= 4 is 16.2 Å². The maximum atomic E-state index is 9.66. The van der Waals surface area contributed by atoms with E-state index in [-0.39, 0.29) is 0 Å². The zero-order chi connectivity index (χ0) is 10.8. The highest BCUT2D eigenvalue weighted by Crippen LogP contribution is 2.43. The van der Waals surface area contributed by atoms with E-state index in [0.717, 1.165) is 5.69 Å². The summed E-state index contributed by atoms with van der Waals surface area (Å²) in [5.74, 6) is 0.684. The van der Waals surface area contributed by atoms with Crippen LogP contribution in [-0.2, 0) is 0 Å². The topological polar surface area (TPSA) is 67.5 Å². The van der Waals surface area contributed by atoms with Crippen molar-refractivity contribution in [2.24, 2.45) is 5.14 Å². The van der Waals surface area contributed by atoms with E-state index in [1.165, 1.54) is 0 Å². The van der Waals surface area contributed by atoms with E-state index in [1.54, 1.807) is 25.5 Å². The Morgan fingerprint density at radius 2 is 2.14 bits per heavy atom. The summed E-state index contributed by atoms with van der Waals surface area (Å²) < 4.78 is 14.8. The number of benzene rings is 1. The highest BCUT2D eigenvalue weighted by Gasteiger charge is 2.13. The molecule has 0 saturated carbocycles. The summed E-state index contributed by atoms with van der Waals surface area (Å²) >= 11 is 0. The van der Waals surface area contributed by atoms with Gasteiger partial charge in [-0.25, -0.2) is 0 Å². The van der Waals surface area contributed by atoms with Crippen LogP contribution in [-0.4, -0.2) is 25.0 Å². The molecule has 4 N–H and O–H groups in total. The van der Waals surface area contributed by atoms with Crippen LogP contribution in [0, 0.1) is 0 Å². The number of rotatable bonds is 3. The first kappa shape index (κ1) is 11.2. The van der Waals surface area contributed by atoms with Gasteiger partial charge in [-0.15, -0.1) is 0 Å². The fourth-order valence-electron chi connectivity index (χ4n) is 1.14. The summed E-state index contributed by atoms with van der Waals surface area (Å²) in [5, 5.41) is 8.62. The summed E-state index contributed by atoms with van der Waals surface area (Å²) in [6, 6.07) is 5.38. The Labute approximate surface area is 85.7 Å². The van der Waals surface area contributed by atoms with Crippen LogP contribution >= 0.6 is 10.5 Å². The van der Waals surface area contributed by atoms with Crippen LogP contribution in [0.3, 0.4) is 0 Å². The largest absolute Gasteiger partial charge is 0.495 e. The van der Waals surface area contributed by atoms with Gasteiger partial charge in [0.2, 0.25) is 0 Å². The molecule has 0 aliphatic carbocycles. The monoisotopic (exact) mass is 216 g/mol. The number of hydrogen-bond acceptors (Lipinski definition) is 4. The van der Waals surface area contributed by atoms with Gasteiger partial charge in [0.25, 0.3) is 0 Å². The van der Waals surface area contributed by atoms with Crippen molar-refractivity contribution in [3.05, 3.63) is 18.2 Å². The van der Waals surface area contributed by atoms with Crippen molar-refractivity contribution in [1.82, 2.24) is 0 Å². The molecule has 5 heteroatoms. The predicted molar refractivity (Wildman–Crippen MR) is 61.1 cm³/mol. The van der Waals surface area contributed by atoms with Crippen LogP contribution in [0.1, 0.15) is 0 Å². The Morgan fingerprint density at radius 3 is 2.57 bits per heavy atom. The van der Waals surface area contributed by atoms with Crippen molar-refractivity contribution in [3.63, 3.8) is 0 Å². The Morgan fingerprint density at radius 1 is 1.50 bits per heavy atom. The third-order valence-electron chi connectivity index (χ3n) is 1.92. The maximum Gasteiger partial charge on any atom is 0.143 e. The first-order valence-corrected chi connectivity index (χ1v) is 6.19. The van der Waals surface area contributed by atoms with Crippen molar-refractivity contribution < 1.29 is 9.29 Å². The molecule has 0 fully saturated rings. The first-order chi connectivity index (χ1) is 6.49. The quantitative estimate of drug-likeness (QED) is 0.721. The Kier molecular flexibility index (Phi) is 3.25. The van der Waals surface area contributed by atoms with Gasteiger partial charge in [0, 0.05) is 18.2 Å². The molecule has 80 valence electrons. The minimum Gasteiger partial charge on any atom is -0.495 e. The van der Waals surface area contributed by atoms with Gasteiger partial charge >= 0.3 is 0 Å². The molecule has 0 amide bonds. The Bertz CT molecular complexity index is 323. The number of anilines is 1. The van der Waals surface area contributed by atoms with Gasteiger partial charge in [-0.05, 0) is 18.2 Å². The SMILES string of the molecule is CNc1ccc(S(C)(N)O)cc1OC. The van der Waals surface area contributed by atoms with Crippen LogP contribution in [0.4, 0.5) is 5.69 Å². The molecule has 14 heavy (non-hydrogen) atoms. The van der Waals surface area contributed by atoms with Crippen molar-refractivity contribution in [2.75, 3.05) is 25.7 Å². The lowest BCUT2D eigenvalue weighted by atomic mass is 10.3. The number of ether oxygens (including phenoxy) is 1. The van der Waals surface area contributed by atoms with E-state index in [4.69, 9.17) is 9.88 Å². The molecule has 0 aromatic heterocycles. The Balaban J connectivity index is 3.14. The van der Waals surface area contributed by atoms with Crippen LogP contribution in [0.15, 0.2) is 23.1 Å². The molecule has 0 aliphatic rings. The molecule has 0 bridgehead atoms. The molecule has 1 unspecified atom stereocenters. The third-order valence-corrected chi connectivity index (χ3v) is 3.13. The fourth-order valence-corrected chi connectivity index (χ4v) is 1.82. The standard InChI is InChI=1S/C9H16N2O2S/c1-11-8-5-4-7(14(3,10)12)6-9(8)13-2/h4-6,11-12H,10H2,1-3H3.